The van der Waals surface area contributed by atoms with Crippen molar-refractivity contribution in [3.8, 4) is 0 Å². The molecule has 0 unspecified atom stereocenters. The molecular weight excluding hydrogens is 379 g/mol. The maximum atomic E-state index is 13.7. The number of anilines is 2. The van der Waals surface area contributed by atoms with Crippen LogP contribution in [0.1, 0.15) is 21.5 Å². The average Bonchev–Trinajstić information content (AvgIpc) is 2.66. The lowest BCUT2D eigenvalue weighted by molar-refractivity contribution is 0.102. The molecule has 0 bridgehead atoms. The second-order valence-corrected chi connectivity index (χ2v) is 8.01. The Hall–Kier alpha value is -3.19. The summed E-state index contributed by atoms with van der Waals surface area (Å²) in [5, 5.41) is 2.85. The van der Waals surface area contributed by atoms with Crippen LogP contribution in [0.3, 0.4) is 0 Å². The van der Waals surface area contributed by atoms with Gasteiger partial charge in [-0.2, -0.15) is 0 Å². The molecule has 5 nitrogen and oxygen atoms in total. The van der Waals surface area contributed by atoms with Crippen molar-refractivity contribution >= 4 is 27.3 Å². The number of halogens is 1. The molecule has 0 heterocycles. The van der Waals surface area contributed by atoms with Gasteiger partial charge in [0, 0.05) is 11.3 Å². The van der Waals surface area contributed by atoms with Crippen molar-refractivity contribution in [1.29, 1.82) is 0 Å². The fourth-order valence-electron chi connectivity index (χ4n) is 2.73. The highest BCUT2D eigenvalue weighted by Crippen LogP contribution is 2.22. The maximum Gasteiger partial charge on any atom is 0.261 e. The van der Waals surface area contributed by atoms with Gasteiger partial charge in [-0.25, -0.2) is 12.8 Å². The van der Waals surface area contributed by atoms with Gasteiger partial charge < -0.3 is 5.32 Å². The highest BCUT2D eigenvalue weighted by atomic mass is 32.2. The van der Waals surface area contributed by atoms with E-state index in [1.807, 2.05) is 32.0 Å². The molecule has 0 saturated carbocycles. The number of nitrogens with one attached hydrogen (secondary N) is 2. The van der Waals surface area contributed by atoms with Gasteiger partial charge in [-0.05, 0) is 61.4 Å². The van der Waals surface area contributed by atoms with Crippen molar-refractivity contribution in [2.24, 2.45) is 0 Å². The van der Waals surface area contributed by atoms with Gasteiger partial charge in [0.1, 0.15) is 5.82 Å². The Morgan fingerprint density at radius 2 is 1.46 bits per heavy atom. The topological polar surface area (TPSA) is 75.3 Å². The third kappa shape index (κ3) is 4.20. The number of para-hydroxylation sites is 2. The molecule has 0 atom stereocenters. The molecule has 7 heteroatoms. The molecule has 0 aliphatic rings. The first-order valence-electron chi connectivity index (χ1n) is 8.53. The van der Waals surface area contributed by atoms with Crippen LogP contribution < -0.4 is 10.0 Å². The van der Waals surface area contributed by atoms with Gasteiger partial charge >= 0.3 is 0 Å². The van der Waals surface area contributed by atoms with E-state index in [1.54, 1.807) is 0 Å². The highest BCUT2D eigenvalue weighted by Gasteiger charge is 2.17. The number of rotatable bonds is 5. The molecule has 144 valence electrons. The molecule has 0 radical (unpaired) electrons. The number of benzene rings is 3. The molecule has 0 aliphatic carbocycles. The van der Waals surface area contributed by atoms with Crippen LogP contribution in [-0.4, -0.2) is 14.3 Å². The summed E-state index contributed by atoms with van der Waals surface area (Å²) in [5.41, 5.74) is 2.76. The van der Waals surface area contributed by atoms with Crippen LogP contribution in [0.5, 0.6) is 0 Å². The number of hydrogen-bond acceptors (Lipinski definition) is 3. The van der Waals surface area contributed by atoms with Gasteiger partial charge in [0.05, 0.1) is 10.6 Å². The molecule has 3 rings (SSSR count). The zero-order valence-corrected chi connectivity index (χ0v) is 16.2. The summed E-state index contributed by atoms with van der Waals surface area (Å²) in [6, 6.07) is 16.6. The third-order valence-corrected chi connectivity index (χ3v) is 5.65. The summed E-state index contributed by atoms with van der Waals surface area (Å²) >= 11 is 0. The molecule has 0 fully saturated rings. The second kappa shape index (κ2) is 7.82. The van der Waals surface area contributed by atoms with Crippen molar-refractivity contribution in [2.45, 2.75) is 18.7 Å². The van der Waals surface area contributed by atoms with Crippen LogP contribution in [0.2, 0.25) is 0 Å². The lowest BCUT2D eigenvalue weighted by Crippen LogP contribution is -2.16. The van der Waals surface area contributed by atoms with Gasteiger partial charge in [0.2, 0.25) is 0 Å². The summed E-state index contributed by atoms with van der Waals surface area (Å²) < 4.78 is 40.8. The number of amides is 1. The van der Waals surface area contributed by atoms with Gasteiger partial charge in [0.25, 0.3) is 15.9 Å². The SMILES string of the molecule is Cc1cccc(C)c1NC(=O)c1ccc(S(=O)(=O)Nc2ccccc2F)cc1. The van der Waals surface area contributed by atoms with Crippen molar-refractivity contribution in [3.05, 3.63) is 89.2 Å². The molecule has 0 aliphatic heterocycles. The van der Waals surface area contributed by atoms with Crippen LogP contribution in [-0.2, 0) is 10.0 Å². The van der Waals surface area contributed by atoms with E-state index in [9.17, 15) is 17.6 Å². The molecule has 0 spiro atoms. The number of carbonyl (C=O) groups is 1. The molecule has 28 heavy (non-hydrogen) atoms. The van der Waals surface area contributed by atoms with E-state index in [0.29, 0.717) is 5.56 Å². The Bertz CT molecular complexity index is 1110. The van der Waals surface area contributed by atoms with Gasteiger partial charge in [-0.15, -0.1) is 0 Å². The lowest BCUT2D eigenvalue weighted by Gasteiger charge is -2.12. The van der Waals surface area contributed by atoms with E-state index < -0.39 is 15.8 Å². The fourth-order valence-corrected chi connectivity index (χ4v) is 3.80. The molecule has 3 aromatic rings. The highest BCUT2D eigenvalue weighted by molar-refractivity contribution is 7.92. The van der Waals surface area contributed by atoms with E-state index in [2.05, 4.69) is 10.0 Å². The van der Waals surface area contributed by atoms with Crippen LogP contribution >= 0.6 is 0 Å². The van der Waals surface area contributed by atoms with Gasteiger partial charge in [-0.3, -0.25) is 9.52 Å². The smallest absolute Gasteiger partial charge is 0.261 e. The summed E-state index contributed by atoms with van der Waals surface area (Å²) in [7, 11) is -3.97. The maximum absolute atomic E-state index is 13.7. The normalized spacial score (nSPS) is 11.1. The number of aryl methyl sites for hydroxylation is 2. The van der Waals surface area contributed by atoms with Crippen LogP contribution in [0.4, 0.5) is 15.8 Å². The van der Waals surface area contributed by atoms with E-state index in [1.165, 1.54) is 48.5 Å². The molecule has 0 saturated heterocycles. The minimum atomic E-state index is -3.97. The molecular formula is C21H19FN2O3S. The zero-order valence-electron chi connectivity index (χ0n) is 15.4. The summed E-state index contributed by atoms with van der Waals surface area (Å²) in [4.78, 5) is 12.4. The first kappa shape index (κ1) is 19.6. The van der Waals surface area contributed by atoms with Crippen molar-refractivity contribution in [2.75, 3.05) is 10.0 Å². The van der Waals surface area contributed by atoms with Crippen molar-refractivity contribution in [1.82, 2.24) is 0 Å². The van der Waals surface area contributed by atoms with Crippen LogP contribution in [0.15, 0.2) is 71.6 Å². The lowest BCUT2D eigenvalue weighted by atomic mass is 10.1. The molecule has 0 aromatic heterocycles. The largest absolute Gasteiger partial charge is 0.322 e. The predicted molar refractivity (Wildman–Crippen MR) is 108 cm³/mol. The Morgan fingerprint density at radius 3 is 2.07 bits per heavy atom. The van der Waals surface area contributed by atoms with Gasteiger partial charge in [0.15, 0.2) is 0 Å². The Morgan fingerprint density at radius 1 is 0.857 bits per heavy atom. The molecule has 3 aromatic carbocycles. The molecule has 1 amide bonds. The van der Waals surface area contributed by atoms with Crippen LogP contribution in [0.25, 0.3) is 0 Å². The van der Waals surface area contributed by atoms with Gasteiger partial charge in [-0.1, -0.05) is 30.3 Å². The number of hydrogen-bond donors (Lipinski definition) is 2. The minimum absolute atomic E-state index is 0.0700. The standard InChI is InChI=1S/C21H19FN2O3S/c1-14-6-5-7-15(2)20(14)23-21(25)16-10-12-17(13-11-16)28(26,27)24-19-9-4-3-8-18(19)22/h3-13,24H,1-2H3,(H,23,25). The Balaban J connectivity index is 1.79. The third-order valence-electron chi connectivity index (χ3n) is 4.26. The molecule has 2 N–H and O–H groups in total. The first-order valence-corrected chi connectivity index (χ1v) is 10.0. The van der Waals surface area contributed by atoms with Crippen molar-refractivity contribution < 1.29 is 17.6 Å². The first-order chi connectivity index (χ1) is 13.3. The fraction of sp³-hybridized carbons (Fsp3) is 0.0952. The van der Waals surface area contributed by atoms with E-state index >= 15 is 0 Å². The minimum Gasteiger partial charge on any atom is -0.322 e. The van der Waals surface area contributed by atoms with E-state index in [4.69, 9.17) is 0 Å². The van der Waals surface area contributed by atoms with Crippen molar-refractivity contribution in [3.63, 3.8) is 0 Å². The summed E-state index contributed by atoms with van der Waals surface area (Å²) in [6.07, 6.45) is 0. The second-order valence-electron chi connectivity index (χ2n) is 6.33. The monoisotopic (exact) mass is 398 g/mol. The summed E-state index contributed by atoms with van der Waals surface area (Å²) in [5.74, 6) is -1.01. The Labute approximate surface area is 163 Å². The van der Waals surface area contributed by atoms with Crippen LogP contribution in [0, 0.1) is 19.7 Å². The number of carbonyl (C=O) groups excluding carboxylic acids is 1. The Kier molecular flexibility index (Phi) is 5.46. The quantitative estimate of drug-likeness (QED) is 0.665. The summed E-state index contributed by atoms with van der Waals surface area (Å²) in [6.45, 7) is 3.79. The number of sulfonamides is 1. The zero-order chi connectivity index (χ0) is 20.3. The predicted octanol–water partition coefficient (Wildman–Crippen LogP) is 4.50. The van der Waals surface area contributed by atoms with E-state index in [-0.39, 0.29) is 16.5 Å². The van der Waals surface area contributed by atoms with E-state index in [0.717, 1.165) is 16.8 Å². The average molecular weight is 398 g/mol.